The number of carbonyl (C=O) groups is 1. The van der Waals surface area contributed by atoms with Crippen molar-refractivity contribution in [1.29, 1.82) is 0 Å². The molecule has 1 fully saturated rings. The molecule has 0 bridgehead atoms. The fourth-order valence-corrected chi connectivity index (χ4v) is 3.27. The van der Waals surface area contributed by atoms with Gasteiger partial charge in [0.1, 0.15) is 6.20 Å². The lowest BCUT2D eigenvalue weighted by Crippen LogP contribution is -2.47. The van der Waals surface area contributed by atoms with Crippen molar-refractivity contribution < 1.29 is 14.5 Å². The summed E-state index contributed by atoms with van der Waals surface area (Å²) >= 11 is 5.91. The van der Waals surface area contributed by atoms with E-state index < -0.39 is 11.2 Å². The van der Waals surface area contributed by atoms with E-state index in [-0.39, 0.29) is 35.2 Å². The zero-order valence-corrected chi connectivity index (χ0v) is 15.2. The molecule has 0 spiro atoms. The molecule has 0 radical (unpaired) electrons. The van der Waals surface area contributed by atoms with Gasteiger partial charge >= 0.3 is 11.7 Å². The molecule has 1 saturated carbocycles. The molecule has 1 heterocycles. The van der Waals surface area contributed by atoms with Crippen molar-refractivity contribution in [2.45, 2.75) is 71.1 Å². The van der Waals surface area contributed by atoms with E-state index in [1.54, 1.807) is 11.8 Å². The highest BCUT2D eigenvalue weighted by atomic mass is 35.5. The van der Waals surface area contributed by atoms with Gasteiger partial charge in [0.2, 0.25) is 11.1 Å². The van der Waals surface area contributed by atoms with Crippen LogP contribution in [0.15, 0.2) is 6.20 Å². The van der Waals surface area contributed by atoms with E-state index in [0.717, 1.165) is 38.3 Å². The molecule has 2 rings (SSSR count). The number of ether oxygens (including phenoxy) is 1. The Morgan fingerprint density at radius 3 is 2.68 bits per heavy atom. The molecular weight excluding hydrogens is 348 g/mol. The van der Waals surface area contributed by atoms with Crippen LogP contribution in [0.2, 0.25) is 5.28 Å². The van der Waals surface area contributed by atoms with E-state index >= 15 is 0 Å². The number of rotatable bonds is 7. The van der Waals surface area contributed by atoms with Crippen LogP contribution in [0, 0.1) is 10.1 Å². The molecule has 0 saturated heterocycles. The van der Waals surface area contributed by atoms with Crippen molar-refractivity contribution in [3.63, 3.8) is 0 Å². The summed E-state index contributed by atoms with van der Waals surface area (Å²) in [7, 11) is 0. The first-order valence-corrected chi connectivity index (χ1v) is 9.00. The lowest BCUT2D eigenvalue weighted by Gasteiger charge is -2.39. The third-order valence-electron chi connectivity index (χ3n) is 4.35. The first-order valence-electron chi connectivity index (χ1n) is 8.62. The lowest BCUT2D eigenvalue weighted by atomic mass is 9.93. The van der Waals surface area contributed by atoms with Crippen LogP contribution in [0.1, 0.15) is 58.8 Å². The molecule has 8 nitrogen and oxygen atoms in total. The van der Waals surface area contributed by atoms with Crippen LogP contribution in [-0.2, 0) is 9.53 Å². The monoisotopic (exact) mass is 370 g/mol. The average Bonchev–Trinajstić information content (AvgIpc) is 2.61. The zero-order chi connectivity index (χ0) is 18.4. The highest BCUT2D eigenvalue weighted by Crippen LogP contribution is 2.35. The third kappa shape index (κ3) is 4.78. The van der Waals surface area contributed by atoms with Crippen molar-refractivity contribution in [2.24, 2.45) is 0 Å². The molecule has 1 aliphatic carbocycles. The van der Waals surface area contributed by atoms with E-state index in [9.17, 15) is 14.9 Å². The highest BCUT2D eigenvalue weighted by Gasteiger charge is 2.35. The smallest absolute Gasteiger partial charge is 0.329 e. The standard InChI is InChI=1S/C16H23ClN4O4/c1-3-13(25-14(22)4-2)20(11-8-6-5-7-9-11)15-12(21(23)24)10-18-16(17)19-15/h10-11,13H,3-9H2,1-2H3. The van der Waals surface area contributed by atoms with Gasteiger partial charge in [0.25, 0.3) is 0 Å². The normalized spacial score (nSPS) is 16.3. The maximum atomic E-state index is 11.8. The van der Waals surface area contributed by atoms with Crippen molar-refractivity contribution in [3.8, 4) is 0 Å². The number of nitrogens with zero attached hydrogens (tertiary/aromatic N) is 4. The van der Waals surface area contributed by atoms with Crippen LogP contribution in [0.25, 0.3) is 0 Å². The van der Waals surface area contributed by atoms with Gasteiger partial charge < -0.3 is 9.64 Å². The quantitative estimate of drug-likeness (QED) is 0.236. The Labute approximate surface area is 151 Å². The Kier molecular flexibility index (Phi) is 6.92. The van der Waals surface area contributed by atoms with Gasteiger partial charge in [-0.3, -0.25) is 14.9 Å². The summed E-state index contributed by atoms with van der Waals surface area (Å²) in [5.74, 6) is -0.233. The van der Waals surface area contributed by atoms with Crippen LogP contribution >= 0.6 is 11.6 Å². The van der Waals surface area contributed by atoms with Gasteiger partial charge in [0.05, 0.1) is 4.92 Å². The predicted octanol–water partition coefficient (Wildman–Crippen LogP) is 3.87. The predicted molar refractivity (Wildman–Crippen MR) is 93.5 cm³/mol. The second kappa shape index (κ2) is 8.94. The summed E-state index contributed by atoms with van der Waals surface area (Å²) in [5, 5.41) is 11.4. The summed E-state index contributed by atoms with van der Waals surface area (Å²) in [5.41, 5.74) is -0.235. The van der Waals surface area contributed by atoms with E-state index in [4.69, 9.17) is 16.3 Å². The van der Waals surface area contributed by atoms with E-state index in [1.165, 1.54) is 0 Å². The molecule has 0 amide bonds. The van der Waals surface area contributed by atoms with Gasteiger partial charge in [-0.2, -0.15) is 4.98 Å². The third-order valence-corrected chi connectivity index (χ3v) is 4.53. The molecule has 9 heteroatoms. The molecule has 1 aliphatic rings. The SMILES string of the molecule is CCC(=O)OC(CC)N(c1nc(Cl)ncc1[N+](=O)[O-])C1CCCCC1. The maximum absolute atomic E-state index is 11.8. The second-order valence-electron chi connectivity index (χ2n) is 6.01. The molecular formula is C16H23ClN4O4. The van der Waals surface area contributed by atoms with Gasteiger partial charge in [0, 0.05) is 18.9 Å². The number of aromatic nitrogens is 2. The first kappa shape index (κ1) is 19.4. The van der Waals surface area contributed by atoms with Gasteiger partial charge in [-0.1, -0.05) is 33.1 Å². The van der Waals surface area contributed by atoms with Crippen molar-refractivity contribution in [1.82, 2.24) is 9.97 Å². The summed E-state index contributed by atoms with van der Waals surface area (Å²) in [6.45, 7) is 3.59. The minimum absolute atomic E-state index is 0.00743. The molecule has 138 valence electrons. The van der Waals surface area contributed by atoms with Gasteiger partial charge in [-0.05, 0) is 24.4 Å². The highest BCUT2D eigenvalue weighted by molar-refractivity contribution is 6.28. The minimum Gasteiger partial charge on any atom is -0.442 e. The molecule has 1 atom stereocenters. The van der Waals surface area contributed by atoms with Gasteiger partial charge in [-0.25, -0.2) is 4.98 Å². The number of hydrogen-bond donors (Lipinski definition) is 0. The number of nitro groups is 1. The Hall–Kier alpha value is -1.96. The van der Waals surface area contributed by atoms with Crippen molar-refractivity contribution in [2.75, 3.05) is 4.90 Å². The fraction of sp³-hybridized carbons (Fsp3) is 0.688. The van der Waals surface area contributed by atoms with Crippen LogP contribution in [-0.4, -0.2) is 33.1 Å². The molecule has 0 aromatic carbocycles. The summed E-state index contributed by atoms with van der Waals surface area (Å²) in [6, 6.07) is 0.00743. The molecule has 1 aromatic rings. The zero-order valence-electron chi connectivity index (χ0n) is 14.5. The minimum atomic E-state index is -0.625. The van der Waals surface area contributed by atoms with E-state index in [0.29, 0.717) is 6.42 Å². The summed E-state index contributed by atoms with van der Waals surface area (Å²) < 4.78 is 5.55. The average molecular weight is 371 g/mol. The Bertz CT molecular complexity index is 622. The van der Waals surface area contributed by atoms with E-state index in [1.807, 2.05) is 6.92 Å². The lowest BCUT2D eigenvalue weighted by molar-refractivity contribution is -0.384. The number of carbonyl (C=O) groups excluding carboxylic acids is 1. The van der Waals surface area contributed by atoms with Crippen LogP contribution in [0.3, 0.4) is 0 Å². The fourth-order valence-electron chi connectivity index (χ4n) is 3.14. The molecule has 0 aliphatic heterocycles. The number of anilines is 1. The second-order valence-corrected chi connectivity index (χ2v) is 6.35. The van der Waals surface area contributed by atoms with Crippen LogP contribution in [0.5, 0.6) is 0 Å². The molecule has 1 aromatic heterocycles. The summed E-state index contributed by atoms with van der Waals surface area (Å²) in [4.78, 5) is 32.4. The molecule has 25 heavy (non-hydrogen) atoms. The Balaban J connectivity index is 2.48. The number of hydrogen-bond acceptors (Lipinski definition) is 7. The molecule has 0 N–H and O–H groups in total. The van der Waals surface area contributed by atoms with Crippen LogP contribution in [0.4, 0.5) is 11.5 Å². The van der Waals surface area contributed by atoms with Gasteiger partial charge in [0.15, 0.2) is 6.23 Å². The Morgan fingerprint density at radius 1 is 1.44 bits per heavy atom. The van der Waals surface area contributed by atoms with Crippen LogP contribution < -0.4 is 4.90 Å². The largest absolute Gasteiger partial charge is 0.442 e. The first-order chi connectivity index (χ1) is 12.0. The van der Waals surface area contributed by atoms with Gasteiger partial charge in [-0.15, -0.1) is 0 Å². The maximum Gasteiger partial charge on any atom is 0.329 e. The summed E-state index contributed by atoms with van der Waals surface area (Å²) in [6.07, 6.45) is 6.09. The number of esters is 1. The number of halogens is 1. The van der Waals surface area contributed by atoms with E-state index in [2.05, 4.69) is 9.97 Å². The van der Waals surface area contributed by atoms with Crippen molar-refractivity contribution >= 4 is 29.1 Å². The Morgan fingerprint density at radius 2 is 2.12 bits per heavy atom. The topological polar surface area (TPSA) is 98.5 Å². The molecule has 1 unspecified atom stereocenters. The van der Waals surface area contributed by atoms with Crippen molar-refractivity contribution in [3.05, 3.63) is 21.6 Å².